The fraction of sp³-hybridized carbons (Fsp3) is 0.318. The van der Waals surface area contributed by atoms with Gasteiger partial charge in [-0.1, -0.05) is 19.9 Å². The van der Waals surface area contributed by atoms with Crippen molar-refractivity contribution in [1.29, 1.82) is 0 Å². The molecule has 0 saturated carbocycles. The molecule has 3 rings (SSSR count). The minimum absolute atomic E-state index is 0.0796. The van der Waals surface area contributed by atoms with Crippen LogP contribution < -0.4 is 16.0 Å². The Hall–Kier alpha value is -3.01. The third-order valence-corrected chi connectivity index (χ3v) is 6.08. The maximum atomic E-state index is 12.9. The van der Waals surface area contributed by atoms with Crippen molar-refractivity contribution in [3.63, 3.8) is 0 Å². The van der Waals surface area contributed by atoms with Crippen LogP contribution in [0.25, 0.3) is 0 Å². The normalized spacial score (nSPS) is 15.7. The summed E-state index contributed by atoms with van der Waals surface area (Å²) in [6.07, 6.45) is -4.68. The second-order valence-corrected chi connectivity index (χ2v) is 8.97. The van der Waals surface area contributed by atoms with Crippen molar-refractivity contribution < 1.29 is 27.6 Å². The highest BCUT2D eigenvalue weighted by atomic mass is 32.2. The highest BCUT2D eigenvalue weighted by Crippen LogP contribution is 2.40. The van der Waals surface area contributed by atoms with Crippen LogP contribution in [0.5, 0.6) is 0 Å². The van der Waals surface area contributed by atoms with Gasteiger partial charge in [-0.3, -0.25) is 14.4 Å². The van der Waals surface area contributed by atoms with E-state index >= 15 is 0 Å². The molecule has 0 fully saturated rings. The zero-order chi connectivity index (χ0) is 23.6. The molecule has 0 radical (unpaired) electrons. The molecule has 6 nitrogen and oxygen atoms in total. The number of carbonyl (C=O) groups excluding carboxylic acids is 3. The van der Waals surface area contributed by atoms with Crippen molar-refractivity contribution in [3.8, 4) is 0 Å². The summed E-state index contributed by atoms with van der Waals surface area (Å²) in [5.74, 6) is -1.32. The van der Waals surface area contributed by atoms with Crippen LogP contribution in [-0.2, 0) is 20.6 Å². The summed E-state index contributed by atoms with van der Waals surface area (Å²) < 4.78 is 38.7. The van der Waals surface area contributed by atoms with Crippen LogP contribution >= 0.6 is 11.8 Å². The third-order valence-electron chi connectivity index (χ3n) is 4.80. The van der Waals surface area contributed by atoms with Gasteiger partial charge in [0.15, 0.2) is 0 Å². The molecule has 3 amide bonds. The first-order valence-electron chi connectivity index (χ1n) is 9.84. The van der Waals surface area contributed by atoms with E-state index in [9.17, 15) is 27.6 Å². The second kappa shape index (κ2) is 9.23. The van der Waals surface area contributed by atoms with Gasteiger partial charge in [-0.05, 0) is 42.8 Å². The quantitative estimate of drug-likeness (QED) is 0.577. The van der Waals surface area contributed by atoms with Crippen molar-refractivity contribution in [3.05, 3.63) is 47.5 Å². The third kappa shape index (κ3) is 5.61. The van der Waals surface area contributed by atoms with Gasteiger partial charge in [-0.15, -0.1) is 11.8 Å². The summed E-state index contributed by atoms with van der Waals surface area (Å²) in [6.45, 7) is 5.32. The molecule has 32 heavy (non-hydrogen) atoms. The first-order chi connectivity index (χ1) is 14.9. The molecule has 1 heterocycles. The van der Waals surface area contributed by atoms with Crippen molar-refractivity contribution in [2.75, 3.05) is 16.0 Å². The SMILES string of the molecule is Cc1ccc(NC(=O)C(C)C)cc1NC(=O)CC1Sc2ccc(C(F)(F)F)cc2NC1=O. The number of fused-ring (bicyclic) bond motifs is 1. The van der Waals surface area contributed by atoms with Gasteiger partial charge in [-0.25, -0.2) is 0 Å². The Labute approximate surface area is 187 Å². The van der Waals surface area contributed by atoms with Gasteiger partial charge in [-0.2, -0.15) is 13.2 Å². The largest absolute Gasteiger partial charge is 0.416 e. The lowest BCUT2D eigenvalue weighted by molar-refractivity contribution is -0.137. The minimum atomic E-state index is -4.51. The molecule has 2 aromatic carbocycles. The second-order valence-electron chi connectivity index (χ2n) is 7.73. The van der Waals surface area contributed by atoms with Gasteiger partial charge < -0.3 is 16.0 Å². The summed E-state index contributed by atoms with van der Waals surface area (Å²) in [4.78, 5) is 37.3. The average Bonchev–Trinajstić information content (AvgIpc) is 2.69. The zero-order valence-electron chi connectivity index (χ0n) is 17.6. The van der Waals surface area contributed by atoms with E-state index in [0.29, 0.717) is 16.3 Å². The average molecular weight is 465 g/mol. The number of nitrogens with one attached hydrogen (secondary N) is 3. The number of carbonyl (C=O) groups is 3. The van der Waals surface area contributed by atoms with Crippen LogP contribution in [-0.4, -0.2) is 23.0 Å². The van der Waals surface area contributed by atoms with E-state index in [0.717, 1.165) is 29.5 Å². The fourth-order valence-corrected chi connectivity index (χ4v) is 4.04. The molecule has 0 aliphatic carbocycles. The number of hydrogen-bond acceptors (Lipinski definition) is 4. The molecule has 1 aliphatic heterocycles. The molecule has 1 unspecified atom stereocenters. The molecule has 3 N–H and O–H groups in total. The lowest BCUT2D eigenvalue weighted by Crippen LogP contribution is -2.32. The summed E-state index contributed by atoms with van der Waals surface area (Å²) in [5, 5.41) is 7.17. The number of amides is 3. The molecule has 0 saturated heterocycles. The number of rotatable bonds is 5. The molecule has 0 aromatic heterocycles. The maximum absolute atomic E-state index is 12.9. The van der Waals surface area contributed by atoms with Gasteiger partial charge in [0.2, 0.25) is 17.7 Å². The van der Waals surface area contributed by atoms with E-state index < -0.39 is 28.8 Å². The first kappa shape index (κ1) is 23.6. The predicted molar refractivity (Wildman–Crippen MR) is 118 cm³/mol. The molecule has 0 spiro atoms. The molecule has 1 atom stereocenters. The van der Waals surface area contributed by atoms with Gasteiger partial charge in [0.25, 0.3) is 0 Å². The Kier molecular flexibility index (Phi) is 6.82. The number of hydrogen-bond donors (Lipinski definition) is 3. The number of benzene rings is 2. The molecular weight excluding hydrogens is 443 g/mol. The topological polar surface area (TPSA) is 87.3 Å². The number of thioether (sulfide) groups is 1. The van der Waals surface area contributed by atoms with Crippen molar-refractivity contribution in [2.45, 2.75) is 43.5 Å². The summed E-state index contributed by atoms with van der Waals surface area (Å²) in [7, 11) is 0. The molecule has 170 valence electrons. The van der Waals surface area contributed by atoms with E-state index in [1.807, 2.05) is 0 Å². The van der Waals surface area contributed by atoms with Gasteiger partial charge >= 0.3 is 6.18 Å². The lowest BCUT2D eigenvalue weighted by Gasteiger charge is -2.24. The van der Waals surface area contributed by atoms with Crippen LogP contribution in [0.15, 0.2) is 41.3 Å². The first-order valence-corrected chi connectivity index (χ1v) is 10.7. The van der Waals surface area contributed by atoms with Crippen LogP contribution in [0.3, 0.4) is 0 Å². The standard InChI is InChI=1S/C22H22F3N3O3S/c1-11(2)20(30)26-14-6-4-12(3)15(9-14)27-19(29)10-18-21(31)28-16-8-13(22(23,24)25)5-7-17(16)32-18/h4-9,11,18H,10H2,1-3H3,(H,26,30)(H,27,29)(H,28,31). The Balaban J connectivity index is 1.68. The fourth-order valence-electron chi connectivity index (χ4n) is 2.95. The van der Waals surface area contributed by atoms with E-state index in [1.165, 1.54) is 6.07 Å². The van der Waals surface area contributed by atoms with Crippen LogP contribution in [0.1, 0.15) is 31.4 Å². The van der Waals surface area contributed by atoms with E-state index in [4.69, 9.17) is 0 Å². The summed E-state index contributed by atoms with van der Waals surface area (Å²) in [5.41, 5.74) is 1.02. The number of anilines is 3. The lowest BCUT2D eigenvalue weighted by atomic mass is 10.1. The summed E-state index contributed by atoms with van der Waals surface area (Å²) in [6, 6.07) is 8.23. The maximum Gasteiger partial charge on any atom is 0.416 e. The van der Waals surface area contributed by atoms with Gasteiger partial charge in [0.1, 0.15) is 0 Å². The smallest absolute Gasteiger partial charge is 0.326 e. The zero-order valence-corrected chi connectivity index (χ0v) is 18.4. The Bertz CT molecular complexity index is 1070. The molecule has 2 aromatic rings. The molecular formula is C22H22F3N3O3S. The van der Waals surface area contributed by atoms with Crippen molar-refractivity contribution in [1.82, 2.24) is 0 Å². The Morgan fingerprint density at radius 2 is 1.84 bits per heavy atom. The van der Waals surface area contributed by atoms with Crippen molar-refractivity contribution in [2.24, 2.45) is 5.92 Å². The predicted octanol–water partition coefficient (Wildman–Crippen LogP) is 5.05. The van der Waals surface area contributed by atoms with E-state index in [-0.39, 0.29) is 23.9 Å². The Morgan fingerprint density at radius 3 is 2.50 bits per heavy atom. The van der Waals surface area contributed by atoms with Crippen LogP contribution in [0.2, 0.25) is 0 Å². The highest BCUT2D eigenvalue weighted by Gasteiger charge is 2.34. The summed E-state index contributed by atoms with van der Waals surface area (Å²) >= 11 is 1.05. The monoisotopic (exact) mass is 465 g/mol. The molecule has 1 aliphatic rings. The number of aryl methyl sites for hydroxylation is 1. The van der Waals surface area contributed by atoms with Gasteiger partial charge in [0, 0.05) is 28.6 Å². The number of alkyl halides is 3. The minimum Gasteiger partial charge on any atom is -0.326 e. The van der Waals surface area contributed by atoms with E-state index in [1.54, 1.807) is 39.0 Å². The van der Waals surface area contributed by atoms with Gasteiger partial charge in [0.05, 0.1) is 16.5 Å². The molecule has 0 bridgehead atoms. The van der Waals surface area contributed by atoms with Crippen molar-refractivity contribution >= 4 is 46.5 Å². The van der Waals surface area contributed by atoms with Crippen LogP contribution in [0.4, 0.5) is 30.2 Å². The van der Waals surface area contributed by atoms with Crippen LogP contribution in [0, 0.1) is 12.8 Å². The highest BCUT2D eigenvalue weighted by molar-refractivity contribution is 8.01. The van der Waals surface area contributed by atoms with E-state index in [2.05, 4.69) is 16.0 Å². The molecule has 10 heteroatoms. The number of halogens is 3. The Morgan fingerprint density at radius 1 is 1.12 bits per heavy atom.